The fraction of sp³-hybridized carbons (Fsp3) is 0.292. The van der Waals surface area contributed by atoms with Crippen molar-refractivity contribution < 1.29 is 9.59 Å². The molecule has 1 saturated heterocycles. The maximum absolute atomic E-state index is 14.0. The van der Waals surface area contributed by atoms with Gasteiger partial charge in [-0.15, -0.1) is 0 Å². The number of hydrogen-bond acceptors (Lipinski definition) is 3. The molecule has 5 heteroatoms. The second-order valence-corrected chi connectivity index (χ2v) is 7.81. The Hall–Kier alpha value is -3.21. The van der Waals surface area contributed by atoms with E-state index >= 15 is 0 Å². The van der Waals surface area contributed by atoms with Gasteiger partial charge in [0.25, 0.3) is 0 Å². The van der Waals surface area contributed by atoms with E-state index in [4.69, 9.17) is 5.73 Å². The standard InChI is InChI=1S/C24H25N3O2/c25-22(28)11-6-14-24(17-18-12-15-26-16-13-18)20-9-4-5-10-21(20)27(23(24)29)19-7-2-1-3-8-19/h1-5,7-10,12-13,15-16,20-21H,6,11,14,17H2,(H2,25,28). The monoisotopic (exact) mass is 387 g/mol. The van der Waals surface area contributed by atoms with Crippen molar-refractivity contribution in [3.8, 4) is 0 Å². The van der Waals surface area contributed by atoms with Crippen LogP contribution in [0.4, 0.5) is 5.69 Å². The van der Waals surface area contributed by atoms with Gasteiger partial charge >= 0.3 is 0 Å². The Morgan fingerprint density at radius 3 is 2.52 bits per heavy atom. The highest BCUT2D eigenvalue weighted by molar-refractivity contribution is 6.02. The van der Waals surface area contributed by atoms with Crippen LogP contribution in [0.1, 0.15) is 24.8 Å². The number of nitrogens with two attached hydrogens (primary N) is 1. The molecule has 29 heavy (non-hydrogen) atoms. The molecule has 2 aromatic rings. The zero-order valence-electron chi connectivity index (χ0n) is 16.3. The van der Waals surface area contributed by atoms with Gasteiger partial charge in [-0.3, -0.25) is 14.6 Å². The lowest BCUT2D eigenvalue weighted by atomic mass is 9.67. The molecule has 1 aromatic heterocycles. The molecular formula is C24H25N3O2. The third-order valence-electron chi connectivity index (χ3n) is 6.04. The number of fused-ring (bicyclic) bond motifs is 1. The first-order valence-electron chi connectivity index (χ1n) is 10.0. The molecule has 0 spiro atoms. The van der Waals surface area contributed by atoms with Crippen LogP contribution in [-0.2, 0) is 16.0 Å². The highest BCUT2D eigenvalue weighted by Gasteiger charge is 2.57. The molecule has 148 valence electrons. The lowest BCUT2D eigenvalue weighted by Crippen LogP contribution is -2.39. The second kappa shape index (κ2) is 8.03. The van der Waals surface area contributed by atoms with Gasteiger partial charge in [-0.2, -0.15) is 0 Å². The summed E-state index contributed by atoms with van der Waals surface area (Å²) in [5.74, 6) is -0.192. The first-order chi connectivity index (χ1) is 14.1. The zero-order valence-corrected chi connectivity index (χ0v) is 16.3. The Bertz CT molecular complexity index is 939. The number of benzene rings is 1. The van der Waals surface area contributed by atoms with Gasteiger partial charge in [0.2, 0.25) is 11.8 Å². The normalized spacial score (nSPS) is 25.2. The van der Waals surface area contributed by atoms with E-state index in [1.165, 1.54) is 0 Å². The number of anilines is 1. The first-order valence-corrected chi connectivity index (χ1v) is 10.0. The number of carbonyl (C=O) groups excluding carboxylic acids is 2. The summed E-state index contributed by atoms with van der Waals surface area (Å²) in [6, 6.07) is 13.7. The molecule has 3 unspecified atom stereocenters. The van der Waals surface area contributed by atoms with Crippen LogP contribution in [0.25, 0.3) is 0 Å². The molecular weight excluding hydrogens is 362 g/mol. The molecule has 0 bridgehead atoms. The highest BCUT2D eigenvalue weighted by Crippen LogP contribution is 2.51. The Balaban J connectivity index is 1.77. The van der Waals surface area contributed by atoms with Gasteiger partial charge in [-0.25, -0.2) is 0 Å². The van der Waals surface area contributed by atoms with Gasteiger partial charge in [0.15, 0.2) is 0 Å². The van der Waals surface area contributed by atoms with Crippen molar-refractivity contribution in [1.82, 2.24) is 4.98 Å². The fourth-order valence-corrected chi connectivity index (χ4v) is 4.75. The van der Waals surface area contributed by atoms with Crippen molar-refractivity contribution in [3.05, 3.63) is 84.7 Å². The molecule has 2 heterocycles. The largest absolute Gasteiger partial charge is 0.370 e. The second-order valence-electron chi connectivity index (χ2n) is 7.81. The van der Waals surface area contributed by atoms with Crippen molar-refractivity contribution in [1.29, 1.82) is 0 Å². The topological polar surface area (TPSA) is 76.3 Å². The Kier molecular flexibility index (Phi) is 5.30. The number of carbonyl (C=O) groups is 2. The van der Waals surface area contributed by atoms with Crippen LogP contribution < -0.4 is 10.6 Å². The lowest BCUT2D eigenvalue weighted by Gasteiger charge is -2.33. The third kappa shape index (κ3) is 3.60. The molecule has 2 N–H and O–H groups in total. The minimum Gasteiger partial charge on any atom is -0.370 e. The molecule has 1 aromatic carbocycles. The summed E-state index contributed by atoms with van der Waals surface area (Å²) >= 11 is 0. The first kappa shape index (κ1) is 19.1. The number of rotatable bonds is 7. The van der Waals surface area contributed by atoms with Gasteiger partial charge in [-0.05, 0) is 49.1 Å². The van der Waals surface area contributed by atoms with Gasteiger partial charge in [0, 0.05) is 30.4 Å². The summed E-state index contributed by atoms with van der Waals surface area (Å²) in [7, 11) is 0. The fourth-order valence-electron chi connectivity index (χ4n) is 4.75. The molecule has 5 nitrogen and oxygen atoms in total. The maximum Gasteiger partial charge on any atom is 0.234 e. The number of amides is 2. The molecule has 1 aliphatic heterocycles. The van der Waals surface area contributed by atoms with Crippen molar-refractivity contribution >= 4 is 17.5 Å². The number of allylic oxidation sites excluding steroid dienone is 2. The van der Waals surface area contributed by atoms with Crippen molar-refractivity contribution in [3.63, 3.8) is 0 Å². The predicted molar refractivity (Wildman–Crippen MR) is 113 cm³/mol. The molecule has 2 amide bonds. The summed E-state index contributed by atoms with van der Waals surface area (Å²) in [5, 5.41) is 0. The van der Waals surface area contributed by atoms with E-state index in [0.717, 1.165) is 11.3 Å². The molecule has 1 fully saturated rings. The number of aromatic nitrogens is 1. The summed E-state index contributed by atoms with van der Waals surface area (Å²) in [6.07, 6.45) is 13.9. The van der Waals surface area contributed by atoms with Crippen molar-refractivity contribution in [2.45, 2.75) is 31.7 Å². The maximum atomic E-state index is 14.0. The summed E-state index contributed by atoms with van der Waals surface area (Å²) in [5.41, 5.74) is 6.74. The smallest absolute Gasteiger partial charge is 0.234 e. The minimum atomic E-state index is -0.626. The van der Waals surface area contributed by atoms with Crippen molar-refractivity contribution in [2.75, 3.05) is 4.90 Å². The van der Waals surface area contributed by atoms with Crippen LogP contribution in [-0.4, -0.2) is 22.8 Å². The zero-order chi connectivity index (χ0) is 20.3. The van der Waals surface area contributed by atoms with Crippen LogP contribution >= 0.6 is 0 Å². The van der Waals surface area contributed by atoms with E-state index in [1.54, 1.807) is 12.4 Å². The van der Waals surface area contributed by atoms with E-state index in [9.17, 15) is 9.59 Å². The van der Waals surface area contributed by atoms with Gasteiger partial charge < -0.3 is 10.6 Å². The van der Waals surface area contributed by atoms with Crippen LogP contribution in [0.15, 0.2) is 79.2 Å². The van der Waals surface area contributed by atoms with Gasteiger partial charge in [0.05, 0.1) is 11.5 Å². The Morgan fingerprint density at radius 1 is 1.07 bits per heavy atom. The molecule has 3 atom stereocenters. The SMILES string of the molecule is NC(=O)CCCC1(Cc2ccncc2)C(=O)N(c2ccccc2)C2C=CC=CC21. The number of pyridine rings is 1. The van der Waals surface area contributed by atoms with Crippen LogP contribution in [0.2, 0.25) is 0 Å². The Morgan fingerprint density at radius 2 is 1.79 bits per heavy atom. The number of primary amides is 1. The van der Waals surface area contributed by atoms with E-state index < -0.39 is 5.41 Å². The summed E-state index contributed by atoms with van der Waals surface area (Å²) in [4.78, 5) is 31.4. The van der Waals surface area contributed by atoms with Gasteiger partial charge in [0.1, 0.15) is 0 Å². The number of nitrogens with zero attached hydrogens (tertiary/aromatic N) is 2. The van der Waals surface area contributed by atoms with Crippen molar-refractivity contribution in [2.24, 2.45) is 17.1 Å². The molecule has 0 saturated carbocycles. The molecule has 4 rings (SSSR count). The van der Waals surface area contributed by atoms with E-state index in [-0.39, 0.29) is 30.2 Å². The number of hydrogen-bond donors (Lipinski definition) is 1. The number of para-hydroxylation sites is 1. The Labute approximate surface area is 170 Å². The van der Waals surface area contributed by atoms with E-state index in [2.05, 4.69) is 17.1 Å². The van der Waals surface area contributed by atoms with Crippen LogP contribution in [0.5, 0.6) is 0 Å². The summed E-state index contributed by atoms with van der Waals surface area (Å²) < 4.78 is 0. The quantitative estimate of drug-likeness (QED) is 0.791. The van der Waals surface area contributed by atoms with E-state index in [1.807, 2.05) is 59.5 Å². The highest BCUT2D eigenvalue weighted by atomic mass is 16.2. The molecule has 2 aliphatic rings. The van der Waals surface area contributed by atoms with Gasteiger partial charge in [-0.1, -0.05) is 42.5 Å². The third-order valence-corrected chi connectivity index (χ3v) is 6.04. The predicted octanol–water partition coefficient (Wildman–Crippen LogP) is 3.42. The average molecular weight is 387 g/mol. The minimum absolute atomic E-state index is 0.0289. The summed E-state index contributed by atoms with van der Waals surface area (Å²) in [6.45, 7) is 0. The molecule has 0 radical (unpaired) electrons. The van der Waals surface area contributed by atoms with E-state index in [0.29, 0.717) is 19.3 Å². The van der Waals surface area contributed by atoms with Crippen LogP contribution in [0, 0.1) is 11.3 Å². The average Bonchev–Trinajstić information content (AvgIpc) is 2.97. The van der Waals surface area contributed by atoms with Crippen LogP contribution in [0.3, 0.4) is 0 Å². The lowest BCUT2D eigenvalue weighted by molar-refractivity contribution is -0.127. The molecule has 1 aliphatic carbocycles.